The maximum atomic E-state index is 8.99. The summed E-state index contributed by atoms with van der Waals surface area (Å²) in [6.07, 6.45) is 5.58. The number of nitrogens with zero attached hydrogens (tertiary/aromatic N) is 4. The highest BCUT2D eigenvalue weighted by molar-refractivity contribution is 9.10. The summed E-state index contributed by atoms with van der Waals surface area (Å²) in [4.78, 5) is 7.60. The van der Waals surface area contributed by atoms with Gasteiger partial charge in [-0.15, -0.1) is 0 Å². The molecule has 2 aromatic rings. The fourth-order valence-electron chi connectivity index (χ4n) is 1.61. The quantitative estimate of drug-likeness (QED) is 0.879. The molecule has 0 aliphatic carbocycles. The molecule has 0 aromatic carbocycles. The lowest BCUT2D eigenvalue weighted by Crippen LogP contribution is -2.25. The van der Waals surface area contributed by atoms with E-state index in [0.717, 1.165) is 27.6 Å². The van der Waals surface area contributed by atoms with Gasteiger partial charge in [-0.2, -0.15) is 5.10 Å². The summed E-state index contributed by atoms with van der Waals surface area (Å²) in [6, 6.07) is 0. The Kier molecular flexibility index (Phi) is 4.73. The van der Waals surface area contributed by atoms with Gasteiger partial charge in [0.05, 0.1) is 23.8 Å². The van der Waals surface area contributed by atoms with Crippen LogP contribution in [0.25, 0.3) is 0 Å². The maximum absolute atomic E-state index is 8.99. The lowest BCUT2D eigenvalue weighted by atomic mass is 10.5. The fourth-order valence-corrected chi connectivity index (χ4v) is 2.93. The predicted molar refractivity (Wildman–Crippen MR) is 76.1 cm³/mol. The minimum atomic E-state index is 0.148. The zero-order valence-electron chi connectivity index (χ0n) is 10.1. The van der Waals surface area contributed by atoms with Gasteiger partial charge in [-0.3, -0.25) is 4.68 Å². The van der Waals surface area contributed by atoms with Crippen LogP contribution in [0.2, 0.25) is 0 Å². The minimum Gasteiger partial charge on any atom is -0.395 e. The number of rotatable bonds is 6. The number of aromatic nitrogens is 3. The van der Waals surface area contributed by atoms with Gasteiger partial charge in [-0.25, -0.2) is 4.98 Å². The van der Waals surface area contributed by atoms with Crippen molar-refractivity contribution in [3.8, 4) is 0 Å². The Bertz CT molecular complexity index is 499. The summed E-state index contributed by atoms with van der Waals surface area (Å²) in [5, 5.41) is 14.2. The van der Waals surface area contributed by atoms with Crippen LogP contribution < -0.4 is 4.90 Å². The van der Waals surface area contributed by atoms with Crippen molar-refractivity contribution < 1.29 is 5.11 Å². The molecule has 1 N–H and O–H groups in total. The molecular weight excluding hydrogens is 316 g/mol. The first-order valence-corrected chi connectivity index (χ1v) is 7.32. The first kappa shape index (κ1) is 13.5. The number of thiazole rings is 1. The molecule has 0 radical (unpaired) electrons. The van der Waals surface area contributed by atoms with E-state index in [0.29, 0.717) is 6.54 Å². The molecule has 0 saturated carbocycles. The van der Waals surface area contributed by atoms with Crippen molar-refractivity contribution in [2.24, 2.45) is 0 Å². The van der Waals surface area contributed by atoms with Gasteiger partial charge in [0, 0.05) is 30.4 Å². The third-order valence-corrected chi connectivity index (χ3v) is 3.94. The van der Waals surface area contributed by atoms with E-state index in [1.54, 1.807) is 17.5 Å². The molecule has 0 aliphatic heterocycles. The standard InChI is InChI=1S/C11H15BrN4OS/c1-2-15(3-4-17)11-13-6-10(18-11)8-16-7-9(12)5-14-16/h5-7,17H,2-4,8H2,1H3. The Balaban J connectivity index is 2.05. The molecule has 0 unspecified atom stereocenters. The molecule has 0 amide bonds. The third-order valence-electron chi connectivity index (χ3n) is 2.48. The Morgan fingerprint density at radius 1 is 1.50 bits per heavy atom. The molecule has 2 heterocycles. The number of aliphatic hydroxyl groups is 1. The molecule has 7 heteroatoms. The summed E-state index contributed by atoms with van der Waals surface area (Å²) in [5.41, 5.74) is 0. The lowest BCUT2D eigenvalue weighted by Gasteiger charge is -2.17. The van der Waals surface area contributed by atoms with Crippen LogP contribution in [0.1, 0.15) is 11.8 Å². The van der Waals surface area contributed by atoms with E-state index in [4.69, 9.17) is 5.11 Å². The molecule has 0 aliphatic rings. The summed E-state index contributed by atoms with van der Waals surface area (Å²) in [5.74, 6) is 0. The molecule has 0 bridgehead atoms. The lowest BCUT2D eigenvalue weighted by molar-refractivity contribution is 0.302. The van der Waals surface area contributed by atoms with Crippen molar-refractivity contribution in [2.45, 2.75) is 13.5 Å². The van der Waals surface area contributed by atoms with Crippen LogP contribution >= 0.6 is 27.3 Å². The SMILES string of the molecule is CCN(CCO)c1ncc(Cn2cc(Br)cn2)s1. The van der Waals surface area contributed by atoms with Crippen LogP contribution in [0.15, 0.2) is 23.1 Å². The Labute approximate surface area is 118 Å². The van der Waals surface area contributed by atoms with E-state index in [2.05, 4.69) is 37.8 Å². The smallest absolute Gasteiger partial charge is 0.185 e. The van der Waals surface area contributed by atoms with Crippen LogP contribution in [-0.4, -0.2) is 39.6 Å². The molecule has 98 valence electrons. The summed E-state index contributed by atoms with van der Waals surface area (Å²) in [6.45, 7) is 4.40. The summed E-state index contributed by atoms with van der Waals surface area (Å²) >= 11 is 5.01. The van der Waals surface area contributed by atoms with Gasteiger partial charge >= 0.3 is 0 Å². The monoisotopic (exact) mass is 330 g/mol. The topological polar surface area (TPSA) is 54.2 Å². The molecule has 2 aromatic heterocycles. The summed E-state index contributed by atoms with van der Waals surface area (Å²) in [7, 11) is 0. The highest BCUT2D eigenvalue weighted by atomic mass is 79.9. The van der Waals surface area contributed by atoms with Gasteiger partial charge in [-0.05, 0) is 22.9 Å². The largest absolute Gasteiger partial charge is 0.395 e. The van der Waals surface area contributed by atoms with Crippen molar-refractivity contribution in [1.82, 2.24) is 14.8 Å². The first-order chi connectivity index (χ1) is 8.72. The molecule has 0 spiro atoms. The predicted octanol–water partition coefficient (Wildman–Crippen LogP) is 1.97. The number of aliphatic hydroxyl groups excluding tert-OH is 1. The third kappa shape index (κ3) is 3.30. The molecule has 0 atom stereocenters. The summed E-state index contributed by atoms with van der Waals surface area (Å²) < 4.78 is 2.84. The average Bonchev–Trinajstić information content (AvgIpc) is 2.96. The number of hydrogen-bond donors (Lipinski definition) is 1. The highest BCUT2D eigenvalue weighted by Crippen LogP contribution is 2.23. The minimum absolute atomic E-state index is 0.148. The Hall–Kier alpha value is -0.920. The van der Waals surface area contributed by atoms with Gasteiger partial charge in [0.2, 0.25) is 0 Å². The second-order valence-corrected chi connectivity index (χ2v) is 5.78. The normalized spacial score (nSPS) is 10.8. The van der Waals surface area contributed by atoms with Crippen LogP contribution in [0.5, 0.6) is 0 Å². The van der Waals surface area contributed by atoms with E-state index in [1.165, 1.54) is 0 Å². The van der Waals surface area contributed by atoms with E-state index in [1.807, 2.05) is 17.1 Å². The molecule has 2 rings (SSSR count). The van der Waals surface area contributed by atoms with Crippen molar-refractivity contribution in [2.75, 3.05) is 24.6 Å². The molecule has 18 heavy (non-hydrogen) atoms. The molecule has 5 nitrogen and oxygen atoms in total. The van der Waals surface area contributed by atoms with Crippen molar-refractivity contribution in [1.29, 1.82) is 0 Å². The van der Waals surface area contributed by atoms with Crippen LogP contribution in [0.4, 0.5) is 5.13 Å². The maximum Gasteiger partial charge on any atom is 0.185 e. The van der Waals surface area contributed by atoms with E-state index >= 15 is 0 Å². The van der Waals surface area contributed by atoms with Gasteiger partial charge in [-0.1, -0.05) is 11.3 Å². The van der Waals surface area contributed by atoms with E-state index in [-0.39, 0.29) is 6.61 Å². The number of hydrogen-bond acceptors (Lipinski definition) is 5. The second-order valence-electron chi connectivity index (χ2n) is 3.77. The zero-order valence-corrected chi connectivity index (χ0v) is 12.5. The Morgan fingerprint density at radius 3 is 2.94 bits per heavy atom. The van der Waals surface area contributed by atoms with Gasteiger partial charge in [0.1, 0.15) is 0 Å². The fraction of sp³-hybridized carbons (Fsp3) is 0.455. The van der Waals surface area contributed by atoms with Crippen LogP contribution in [-0.2, 0) is 6.54 Å². The Morgan fingerprint density at radius 2 is 2.33 bits per heavy atom. The van der Waals surface area contributed by atoms with Gasteiger partial charge in [0.25, 0.3) is 0 Å². The number of anilines is 1. The van der Waals surface area contributed by atoms with Crippen LogP contribution in [0, 0.1) is 0 Å². The second kappa shape index (κ2) is 6.31. The highest BCUT2D eigenvalue weighted by Gasteiger charge is 2.09. The zero-order chi connectivity index (χ0) is 13.0. The first-order valence-electron chi connectivity index (χ1n) is 5.71. The number of halogens is 1. The van der Waals surface area contributed by atoms with Crippen molar-refractivity contribution in [3.63, 3.8) is 0 Å². The molecule has 0 fully saturated rings. The van der Waals surface area contributed by atoms with Crippen LogP contribution in [0.3, 0.4) is 0 Å². The van der Waals surface area contributed by atoms with Crippen molar-refractivity contribution >= 4 is 32.4 Å². The molecule has 0 saturated heterocycles. The average molecular weight is 331 g/mol. The van der Waals surface area contributed by atoms with Crippen molar-refractivity contribution in [3.05, 3.63) is 27.9 Å². The molecular formula is C11H15BrN4OS. The number of likely N-dealkylation sites (N-methyl/N-ethyl adjacent to an activating group) is 1. The van der Waals surface area contributed by atoms with Gasteiger partial charge in [0.15, 0.2) is 5.13 Å². The van der Waals surface area contributed by atoms with Gasteiger partial charge < -0.3 is 10.0 Å². The van der Waals surface area contributed by atoms with E-state index in [9.17, 15) is 0 Å². The van der Waals surface area contributed by atoms with E-state index < -0.39 is 0 Å².